The van der Waals surface area contributed by atoms with E-state index in [4.69, 9.17) is 9.47 Å². The highest BCUT2D eigenvalue weighted by Gasteiger charge is 2.24. The fraction of sp³-hybridized carbons (Fsp3) is 0.636. The maximum Gasteiger partial charge on any atom is 0.305 e. The van der Waals surface area contributed by atoms with Gasteiger partial charge in [-0.25, -0.2) is 0 Å². The molecule has 1 aromatic rings. The van der Waals surface area contributed by atoms with Gasteiger partial charge in [-0.1, -0.05) is 0 Å². The van der Waals surface area contributed by atoms with Crippen molar-refractivity contribution in [2.75, 3.05) is 33.3 Å². The highest BCUT2D eigenvalue weighted by Crippen LogP contribution is 2.22. The topological polar surface area (TPSA) is 59.1 Å². The van der Waals surface area contributed by atoms with Gasteiger partial charge in [0.1, 0.15) is 11.9 Å². The summed E-state index contributed by atoms with van der Waals surface area (Å²) in [5.41, 5.74) is 0.739. The molecule has 154 valence electrons. The van der Waals surface area contributed by atoms with Crippen LogP contribution < -0.4 is 4.74 Å². The highest BCUT2D eigenvalue weighted by atomic mass is 16.5. The molecule has 1 aromatic carbocycles. The van der Waals surface area contributed by atoms with Crippen LogP contribution in [0.1, 0.15) is 55.8 Å². The lowest BCUT2D eigenvalue weighted by Crippen LogP contribution is -2.43. The van der Waals surface area contributed by atoms with Crippen molar-refractivity contribution < 1.29 is 19.1 Å². The molecular weight excluding hydrogens is 356 g/mol. The SMILES string of the molecule is COC(=O)CC[C@H](C)N1CCC(Oc2ccc(C(=O)N3CCCC3)cc2)CC1. The fourth-order valence-electron chi connectivity index (χ4n) is 4.02. The van der Waals surface area contributed by atoms with E-state index in [2.05, 4.69) is 11.8 Å². The first-order valence-electron chi connectivity index (χ1n) is 10.4. The van der Waals surface area contributed by atoms with Gasteiger partial charge in [-0.05, 0) is 63.3 Å². The van der Waals surface area contributed by atoms with E-state index in [1.54, 1.807) is 0 Å². The van der Waals surface area contributed by atoms with E-state index in [1.807, 2.05) is 29.2 Å². The Morgan fingerprint density at radius 3 is 2.32 bits per heavy atom. The van der Waals surface area contributed by atoms with Crippen molar-refractivity contribution in [2.45, 2.75) is 57.6 Å². The van der Waals surface area contributed by atoms with Crippen molar-refractivity contribution >= 4 is 11.9 Å². The standard InChI is InChI=1S/C22H32N2O4/c1-17(5-10-21(25)27-2)23-15-11-20(12-16-23)28-19-8-6-18(7-9-19)22(26)24-13-3-4-14-24/h6-9,17,20H,3-5,10-16H2,1-2H3/t17-/m0/s1. The Bertz CT molecular complexity index is 647. The molecule has 2 heterocycles. The van der Waals surface area contributed by atoms with Gasteiger partial charge in [-0.2, -0.15) is 0 Å². The van der Waals surface area contributed by atoms with Gasteiger partial charge < -0.3 is 19.3 Å². The molecule has 0 aromatic heterocycles. The van der Waals surface area contributed by atoms with Crippen LogP contribution in [-0.4, -0.2) is 67.1 Å². The molecule has 2 saturated heterocycles. The maximum absolute atomic E-state index is 12.4. The van der Waals surface area contributed by atoms with E-state index >= 15 is 0 Å². The third kappa shape index (κ3) is 5.47. The minimum atomic E-state index is -0.142. The fourth-order valence-corrected chi connectivity index (χ4v) is 4.02. The molecule has 0 unspecified atom stereocenters. The Morgan fingerprint density at radius 2 is 1.71 bits per heavy atom. The summed E-state index contributed by atoms with van der Waals surface area (Å²) in [4.78, 5) is 28.1. The maximum atomic E-state index is 12.4. The second kappa shape index (κ2) is 9.92. The molecule has 0 aliphatic carbocycles. The normalized spacial score (nSPS) is 19.4. The summed E-state index contributed by atoms with van der Waals surface area (Å²) in [6.07, 6.45) is 5.64. The summed E-state index contributed by atoms with van der Waals surface area (Å²) >= 11 is 0. The minimum Gasteiger partial charge on any atom is -0.490 e. The van der Waals surface area contributed by atoms with E-state index in [0.29, 0.717) is 12.5 Å². The van der Waals surface area contributed by atoms with Crippen molar-refractivity contribution in [2.24, 2.45) is 0 Å². The van der Waals surface area contributed by atoms with E-state index < -0.39 is 0 Å². The van der Waals surface area contributed by atoms with Crippen LogP contribution in [0.4, 0.5) is 0 Å². The number of esters is 1. The zero-order chi connectivity index (χ0) is 19.9. The Balaban J connectivity index is 1.43. The van der Waals surface area contributed by atoms with Gasteiger partial charge in [0, 0.05) is 44.2 Å². The highest BCUT2D eigenvalue weighted by molar-refractivity contribution is 5.94. The smallest absolute Gasteiger partial charge is 0.305 e. The molecule has 2 aliphatic heterocycles. The number of rotatable bonds is 7. The van der Waals surface area contributed by atoms with Crippen LogP contribution in [-0.2, 0) is 9.53 Å². The predicted molar refractivity (Wildman–Crippen MR) is 108 cm³/mol. The number of nitrogens with zero attached hydrogens (tertiary/aromatic N) is 2. The largest absolute Gasteiger partial charge is 0.490 e. The van der Waals surface area contributed by atoms with Crippen LogP contribution in [0.2, 0.25) is 0 Å². The Hall–Kier alpha value is -2.08. The first-order valence-corrected chi connectivity index (χ1v) is 10.4. The van der Waals surface area contributed by atoms with Crippen molar-refractivity contribution in [3.8, 4) is 5.75 Å². The molecule has 2 aliphatic rings. The lowest BCUT2D eigenvalue weighted by Gasteiger charge is -2.36. The number of carbonyl (C=O) groups excluding carboxylic acids is 2. The van der Waals surface area contributed by atoms with E-state index in [-0.39, 0.29) is 18.0 Å². The molecule has 6 heteroatoms. The summed E-state index contributed by atoms with van der Waals surface area (Å²) in [6, 6.07) is 7.94. The van der Waals surface area contributed by atoms with Crippen molar-refractivity contribution in [1.82, 2.24) is 9.80 Å². The average molecular weight is 389 g/mol. The quantitative estimate of drug-likeness (QED) is 0.672. The van der Waals surface area contributed by atoms with E-state index in [1.165, 1.54) is 7.11 Å². The average Bonchev–Trinajstić information content (AvgIpc) is 3.27. The van der Waals surface area contributed by atoms with Crippen molar-refractivity contribution in [1.29, 1.82) is 0 Å². The van der Waals surface area contributed by atoms with Crippen molar-refractivity contribution in [3.05, 3.63) is 29.8 Å². The number of hydrogen-bond donors (Lipinski definition) is 0. The van der Waals surface area contributed by atoms with Crippen LogP contribution in [0.5, 0.6) is 5.75 Å². The van der Waals surface area contributed by atoms with Gasteiger partial charge >= 0.3 is 5.97 Å². The van der Waals surface area contributed by atoms with E-state index in [0.717, 1.165) is 69.6 Å². The number of methoxy groups -OCH3 is 1. The third-order valence-electron chi connectivity index (χ3n) is 5.89. The minimum absolute atomic E-state index is 0.123. The zero-order valence-corrected chi connectivity index (χ0v) is 17.1. The van der Waals surface area contributed by atoms with Gasteiger partial charge in [0.25, 0.3) is 5.91 Å². The zero-order valence-electron chi connectivity index (χ0n) is 17.1. The Labute approximate surface area is 167 Å². The number of benzene rings is 1. The lowest BCUT2D eigenvalue weighted by atomic mass is 10.0. The van der Waals surface area contributed by atoms with Crippen LogP contribution >= 0.6 is 0 Å². The van der Waals surface area contributed by atoms with Gasteiger partial charge in [0.2, 0.25) is 0 Å². The van der Waals surface area contributed by atoms with Gasteiger partial charge in [0.05, 0.1) is 7.11 Å². The Kier molecular flexibility index (Phi) is 7.31. The number of likely N-dealkylation sites (tertiary alicyclic amines) is 2. The second-order valence-corrected chi connectivity index (χ2v) is 7.84. The number of ether oxygens (including phenoxy) is 2. The first-order chi connectivity index (χ1) is 13.6. The van der Waals surface area contributed by atoms with E-state index in [9.17, 15) is 9.59 Å². The molecule has 28 heavy (non-hydrogen) atoms. The number of amides is 1. The molecule has 3 rings (SSSR count). The number of hydrogen-bond acceptors (Lipinski definition) is 5. The molecule has 6 nitrogen and oxygen atoms in total. The second-order valence-electron chi connectivity index (χ2n) is 7.84. The molecular formula is C22H32N2O4. The predicted octanol–water partition coefficient (Wildman–Crippen LogP) is 3.11. The van der Waals surface area contributed by atoms with Gasteiger partial charge in [-0.3, -0.25) is 9.59 Å². The molecule has 2 fully saturated rings. The molecule has 0 saturated carbocycles. The molecule has 0 bridgehead atoms. The lowest BCUT2D eigenvalue weighted by molar-refractivity contribution is -0.141. The summed E-state index contributed by atoms with van der Waals surface area (Å²) in [7, 11) is 1.44. The first kappa shape index (κ1) is 20.6. The molecule has 1 amide bonds. The van der Waals surface area contributed by atoms with Gasteiger partial charge in [0.15, 0.2) is 0 Å². The van der Waals surface area contributed by atoms with Crippen LogP contribution in [0.3, 0.4) is 0 Å². The van der Waals surface area contributed by atoms with Crippen LogP contribution in [0.15, 0.2) is 24.3 Å². The summed E-state index contributed by atoms with van der Waals surface area (Å²) < 4.78 is 10.9. The molecule has 0 N–H and O–H groups in total. The summed E-state index contributed by atoms with van der Waals surface area (Å²) in [6.45, 7) is 5.85. The molecule has 1 atom stereocenters. The summed E-state index contributed by atoms with van der Waals surface area (Å²) in [5, 5.41) is 0. The monoisotopic (exact) mass is 388 g/mol. The van der Waals surface area contributed by atoms with Crippen LogP contribution in [0.25, 0.3) is 0 Å². The summed E-state index contributed by atoms with van der Waals surface area (Å²) in [5.74, 6) is 0.810. The number of carbonyl (C=O) groups is 2. The van der Waals surface area contributed by atoms with Crippen LogP contribution in [0, 0.1) is 0 Å². The van der Waals surface area contributed by atoms with Gasteiger partial charge in [-0.15, -0.1) is 0 Å². The molecule has 0 spiro atoms. The van der Waals surface area contributed by atoms with Crippen molar-refractivity contribution in [3.63, 3.8) is 0 Å². The number of piperidine rings is 1. The third-order valence-corrected chi connectivity index (χ3v) is 5.89. The molecule has 0 radical (unpaired) electrons. The Morgan fingerprint density at radius 1 is 1.07 bits per heavy atom.